The molecule has 1 aromatic heterocycles. The van der Waals surface area contributed by atoms with Crippen molar-refractivity contribution in [2.45, 2.75) is 6.54 Å². The number of aromatic nitrogens is 2. The molecule has 0 bridgehead atoms. The fourth-order valence-electron chi connectivity index (χ4n) is 2.43. The molecular weight excluding hydrogens is 290 g/mol. The first kappa shape index (κ1) is 15.1. The van der Waals surface area contributed by atoms with Gasteiger partial charge in [0.05, 0.1) is 6.20 Å². The van der Waals surface area contributed by atoms with Gasteiger partial charge < -0.3 is 9.64 Å². The molecule has 118 valence electrons. The first-order valence-corrected chi connectivity index (χ1v) is 7.45. The van der Waals surface area contributed by atoms with Crippen LogP contribution >= 0.6 is 0 Å². The number of hydrogen-bond donors (Lipinski definition) is 0. The molecule has 0 radical (unpaired) electrons. The molecule has 1 heterocycles. The zero-order valence-corrected chi connectivity index (χ0v) is 13.3. The molecule has 0 fully saturated rings. The first-order chi connectivity index (χ1) is 11.1. The monoisotopic (exact) mass is 309 g/mol. The lowest BCUT2D eigenvalue weighted by Gasteiger charge is -2.16. The minimum atomic E-state index is -0.0676. The molecule has 0 aliphatic heterocycles. The Bertz CT molecular complexity index is 826. The lowest BCUT2D eigenvalue weighted by Crippen LogP contribution is -2.30. The van der Waals surface area contributed by atoms with Crippen molar-refractivity contribution in [1.82, 2.24) is 14.7 Å². The molecule has 1 amide bonds. The molecule has 23 heavy (non-hydrogen) atoms. The van der Waals surface area contributed by atoms with E-state index in [1.807, 2.05) is 55.7 Å². The summed E-state index contributed by atoms with van der Waals surface area (Å²) in [5.74, 6) is 0.633. The van der Waals surface area contributed by atoms with Gasteiger partial charge in [0.1, 0.15) is 5.75 Å². The van der Waals surface area contributed by atoms with E-state index in [2.05, 4.69) is 5.10 Å². The van der Waals surface area contributed by atoms with E-state index >= 15 is 0 Å². The predicted octanol–water partition coefficient (Wildman–Crippen LogP) is 2.61. The van der Waals surface area contributed by atoms with Crippen LogP contribution in [-0.2, 0) is 18.4 Å². The van der Waals surface area contributed by atoms with Crippen molar-refractivity contribution < 1.29 is 9.53 Å². The van der Waals surface area contributed by atoms with Crippen molar-refractivity contribution in [2.75, 3.05) is 13.7 Å². The third-order valence-corrected chi connectivity index (χ3v) is 3.69. The second-order valence-corrected chi connectivity index (χ2v) is 5.57. The largest absolute Gasteiger partial charge is 0.484 e. The van der Waals surface area contributed by atoms with Crippen molar-refractivity contribution in [1.29, 1.82) is 0 Å². The van der Waals surface area contributed by atoms with Gasteiger partial charge in [-0.25, -0.2) is 0 Å². The molecule has 0 saturated heterocycles. The highest BCUT2D eigenvalue weighted by atomic mass is 16.5. The highest BCUT2D eigenvalue weighted by Gasteiger charge is 2.11. The molecule has 2 aromatic carbocycles. The zero-order chi connectivity index (χ0) is 16.2. The minimum absolute atomic E-state index is 0.0229. The highest BCUT2D eigenvalue weighted by molar-refractivity contribution is 5.84. The van der Waals surface area contributed by atoms with E-state index in [0.717, 1.165) is 16.3 Å². The average molecular weight is 309 g/mol. The van der Waals surface area contributed by atoms with Gasteiger partial charge in [0, 0.05) is 32.4 Å². The van der Waals surface area contributed by atoms with Crippen LogP contribution in [0, 0.1) is 0 Å². The van der Waals surface area contributed by atoms with E-state index in [-0.39, 0.29) is 12.5 Å². The predicted molar refractivity (Wildman–Crippen MR) is 89.1 cm³/mol. The van der Waals surface area contributed by atoms with E-state index < -0.39 is 0 Å². The number of fused-ring (bicyclic) bond motifs is 1. The maximum Gasteiger partial charge on any atom is 0.260 e. The Balaban J connectivity index is 1.58. The molecule has 3 rings (SSSR count). The quantitative estimate of drug-likeness (QED) is 0.728. The summed E-state index contributed by atoms with van der Waals surface area (Å²) in [6.45, 7) is 0.545. The maximum absolute atomic E-state index is 12.2. The molecule has 0 saturated carbocycles. The summed E-state index contributed by atoms with van der Waals surface area (Å²) >= 11 is 0. The minimum Gasteiger partial charge on any atom is -0.484 e. The Morgan fingerprint density at radius 1 is 1.22 bits per heavy atom. The number of amides is 1. The molecule has 3 aromatic rings. The Morgan fingerprint density at radius 2 is 2.00 bits per heavy atom. The number of hydrogen-bond acceptors (Lipinski definition) is 3. The van der Waals surface area contributed by atoms with E-state index in [9.17, 15) is 4.79 Å². The standard InChI is InChI=1S/C18H19N3O2/c1-20(11-14-10-19-21(2)12-14)18(22)13-23-17-8-7-15-5-3-4-6-16(15)9-17/h3-10,12H,11,13H2,1-2H3. The van der Waals surface area contributed by atoms with Crippen LogP contribution in [0.25, 0.3) is 10.8 Å². The van der Waals surface area contributed by atoms with Crippen LogP contribution in [0.15, 0.2) is 54.9 Å². The fraction of sp³-hybridized carbons (Fsp3) is 0.222. The lowest BCUT2D eigenvalue weighted by atomic mass is 10.1. The summed E-state index contributed by atoms with van der Waals surface area (Å²) in [6, 6.07) is 13.9. The SMILES string of the molecule is CN(Cc1cnn(C)c1)C(=O)COc1ccc2ccccc2c1. The summed E-state index contributed by atoms with van der Waals surface area (Å²) in [7, 11) is 3.62. The Hall–Kier alpha value is -2.82. The van der Waals surface area contributed by atoms with Gasteiger partial charge in [-0.2, -0.15) is 5.10 Å². The second-order valence-electron chi connectivity index (χ2n) is 5.57. The number of likely N-dealkylation sites (N-methyl/N-ethyl adjacent to an activating group) is 1. The molecule has 0 spiro atoms. The van der Waals surface area contributed by atoms with Crippen LogP contribution in [0.3, 0.4) is 0 Å². The van der Waals surface area contributed by atoms with Crippen LogP contribution in [-0.4, -0.2) is 34.2 Å². The van der Waals surface area contributed by atoms with Crippen molar-refractivity contribution >= 4 is 16.7 Å². The van der Waals surface area contributed by atoms with Crippen molar-refractivity contribution in [3.63, 3.8) is 0 Å². The Labute approximate surface area is 135 Å². The number of benzene rings is 2. The highest BCUT2D eigenvalue weighted by Crippen LogP contribution is 2.20. The van der Waals surface area contributed by atoms with Crippen molar-refractivity contribution in [3.05, 3.63) is 60.4 Å². The summed E-state index contributed by atoms with van der Waals surface area (Å²) < 4.78 is 7.35. The van der Waals surface area contributed by atoms with Gasteiger partial charge >= 0.3 is 0 Å². The van der Waals surface area contributed by atoms with Gasteiger partial charge in [-0.15, -0.1) is 0 Å². The fourth-order valence-corrected chi connectivity index (χ4v) is 2.43. The van der Waals surface area contributed by atoms with Crippen LogP contribution in [0.2, 0.25) is 0 Å². The van der Waals surface area contributed by atoms with Gasteiger partial charge in [0.25, 0.3) is 5.91 Å². The molecule has 0 aliphatic rings. The first-order valence-electron chi connectivity index (χ1n) is 7.45. The summed E-state index contributed by atoms with van der Waals surface area (Å²) in [6.07, 6.45) is 3.65. The number of aryl methyl sites for hydroxylation is 1. The number of carbonyl (C=O) groups excluding carboxylic acids is 1. The third kappa shape index (κ3) is 3.69. The van der Waals surface area contributed by atoms with Gasteiger partial charge in [-0.1, -0.05) is 30.3 Å². The van der Waals surface area contributed by atoms with Crippen LogP contribution in [0.5, 0.6) is 5.75 Å². The smallest absolute Gasteiger partial charge is 0.260 e. The van der Waals surface area contributed by atoms with Crippen LogP contribution in [0.1, 0.15) is 5.56 Å². The molecule has 0 unspecified atom stereocenters. The normalized spacial score (nSPS) is 10.7. The van der Waals surface area contributed by atoms with Crippen LogP contribution in [0.4, 0.5) is 0 Å². The number of nitrogens with zero attached hydrogens (tertiary/aromatic N) is 3. The lowest BCUT2D eigenvalue weighted by molar-refractivity contribution is -0.132. The van der Waals surface area contributed by atoms with Crippen molar-refractivity contribution in [3.8, 4) is 5.75 Å². The maximum atomic E-state index is 12.2. The Morgan fingerprint density at radius 3 is 2.74 bits per heavy atom. The van der Waals surface area contributed by atoms with Crippen molar-refractivity contribution in [2.24, 2.45) is 7.05 Å². The summed E-state index contributed by atoms with van der Waals surface area (Å²) in [5, 5.41) is 6.35. The van der Waals surface area contributed by atoms with Gasteiger partial charge in [-0.3, -0.25) is 9.48 Å². The zero-order valence-electron chi connectivity index (χ0n) is 13.3. The Kier molecular flexibility index (Phi) is 4.28. The third-order valence-electron chi connectivity index (χ3n) is 3.69. The molecule has 0 aliphatic carbocycles. The molecule has 0 atom stereocenters. The van der Waals surface area contributed by atoms with E-state index in [0.29, 0.717) is 12.3 Å². The summed E-state index contributed by atoms with van der Waals surface area (Å²) in [5.41, 5.74) is 0.994. The topological polar surface area (TPSA) is 47.4 Å². The average Bonchev–Trinajstić information content (AvgIpc) is 2.97. The number of ether oxygens (including phenoxy) is 1. The van der Waals surface area contributed by atoms with Gasteiger partial charge in [0.2, 0.25) is 0 Å². The van der Waals surface area contributed by atoms with Gasteiger partial charge in [-0.05, 0) is 22.9 Å². The molecule has 5 nitrogen and oxygen atoms in total. The van der Waals surface area contributed by atoms with Crippen LogP contribution < -0.4 is 4.74 Å². The molecule has 0 N–H and O–H groups in total. The van der Waals surface area contributed by atoms with E-state index in [1.54, 1.807) is 22.8 Å². The second kappa shape index (κ2) is 6.52. The number of rotatable bonds is 5. The van der Waals surface area contributed by atoms with E-state index in [1.165, 1.54) is 0 Å². The molecule has 5 heteroatoms. The van der Waals surface area contributed by atoms with Gasteiger partial charge in [0.15, 0.2) is 6.61 Å². The number of carbonyl (C=O) groups is 1. The van der Waals surface area contributed by atoms with E-state index in [4.69, 9.17) is 4.74 Å². The molecular formula is C18H19N3O2. The summed E-state index contributed by atoms with van der Waals surface area (Å²) in [4.78, 5) is 13.8.